The van der Waals surface area contributed by atoms with Crippen LogP contribution in [0.25, 0.3) is 21.9 Å². The fraction of sp³-hybridized carbons (Fsp3) is 0.154. The summed E-state index contributed by atoms with van der Waals surface area (Å²) < 4.78 is 7.47. The van der Waals surface area contributed by atoms with Crippen LogP contribution in [0.3, 0.4) is 0 Å². The van der Waals surface area contributed by atoms with Crippen LogP contribution in [-0.2, 0) is 11.3 Å². The van der Waals surface area contributed by atoms with E-state index in [2.05, 4.69) is 15.3 Å². The predicted molar refractivity (Wildman–Crippen MR) is 133 cm³/mol. The largest absolute Gasteiger partial charge is 0.459 e. The van der Waals surface area contributed by atoms with Crippen molar-refractivity contribution in [3.05, 3.63) is 101 Å². The molecule has 0 aliphatic rings. The van der Waals surface area contributed by atoms with E-state index in [0.29, 0.717) is 28.4 Å². The van der Waals surface area contributed by atoms with E-state index in [1.165, 1.54) is 11.8 Å². The van der Waals surface area contributed by atoms with E-state index in [0.717, 1.165) is 16.5 Å². The molecule has 8 heteroatoms. The molecule has 3 aromatic heterocycles. The van der Waals surface area contributed by atoms with Crippen molar-refractivity contribution in [2.75, 3.05) is 5.75 Å². The number of aromatic nitrogens is 3. The van der Waals surface area contributed by atoms with Crippen LogP contribution in [0.2, 0.25) is 0 Å². The Morgan fingerprint density at radius 3 is 2.68 bits per heavy atom. The molecule has 1 amide bonds. The van der Waals surface area contributed by atoms with Crippen molar-refractivity contribution < 1.29 is 9.21 Å². The van der Waals surface area contributed by atoms with Crippen molar-refractivity contribution in [3.63, 3.8) is 0 Å². The minimum atomic E-state index is -0.288. The Morgan fingerprint density at radius 1 is 1.09 bits per heavy atom. The van der Waals surface area contributed by atoms with Gasteiger partial charge in [0.15, 0.2) is 5.16 Å². The maximum Gasteiger partial charge on any atom is 0.262 e. The van der Waals surface area contributed by atoms with Crippen LogP contribution in [-0.4, -0.2) is 26.2 Å². The summed E-state index contributed by atoms with van der Waals surface area (Å²) in [5.41, 5.74) is 2.19. The third-order valence-electron chi connectivity index (χ3n) is 5.50. The molecule has 7 nitrogen and oxygen atoms in total. The number of fused-ring (bicyclic) bond motifs is 2. The Hall–Kier alpha value is -3.91. The lowest BCUT2D eigenvalue weighted by Crippen LogP contribution is -2.29. The molecule has 1 unspecified atom stereocenters. The molecule has 5 rings (SSSR count). The summed E-state index contributed by atoms with van der Waals surface area (Å²) in [6.07, 6.45) is 3.38. The minimum absolute atomic E-state index is 0.117. The molecule has 3 heterocycles. The first-order chi connectivity index (χ1) is 16.6. The summed E-state index contributed by atoms with van der Waals surface area (Å²) in [7, 11) is 0. The molecule has 0 bridgehead atoms. The van der Waals surface area contributed by atoms with Crippen LogP contribution in [0.15, 0.2) is 93.5 Å². The number of nitrogens with one attached hydrogen (secondary N) is 1. The average Bonchev–Trinajstić information content (AvgIpc) is 3.30. The van der Waals surface area contributed by atoms with Gasteiger partial charge in [-0.3, -0.25) is 19.1 Å². The van der Waals surface area contributed by atoms with E-state index in [4.69, 9.17) is 4.42 Å². The number of para-hydroxylation sites is 2. The molecule has 0 aliphatic heterocycles. The van der Waals surface area contributed by atoms with E-state index >= 15 is 0 Å². The van der Waals surface area contributed by atoms with Gasteiger partial charge in [0, 0.05) is 17.8 Å². The SMILES string of the molecule is CC(NC(=O)CSc1nc2ccccc2c(=O)n1Cc1ccncc1)c1cc2ccccc2o1. The first-order valence-corrected chi connectivity index (χ1v) is 11.9. The molecule has 1 atom stereocenters. The lowest BCUT2D eigenvalue weighted by molar-refractivity contribution is -0.119. The molecule has 0 fully saturated rings. The number of benzene rings is 2. The molecule has 1 N–H and O–H groups in total. The molecule has 34 heavy (non-hydrogen) atoms. The minimum Gasteiger partial charge on any atom is -0.459 e. The summed E-state index contributed by atoms with van der Waals surface area (Å²) in [5.74, 6) is 0.639. The van der Waals surface area contributed by atoms with Crippen molar-refractivity contribution >= 4 is 39.5 Å². The van der Waals surface area contributed by atoms with Crippen molar-refractivity contribution in [2.24, 2.45) is 0 Å². The molecule has 2 aromatic carbocycles. The number of hydrogen-bond donors (Lipinski definition) is 1. The molecule has 0 saturated carbocycles. The van der Waals surface area contributed by atoms with Gasteiger partial charge in [0.05, 0.1) is 29.2 Å². The summed E-state index contributed by atoms with van der Waals surface area (Å²) in [6, 6.07) is 20.3. The number of amides is 1. The molecule has 0 radical (unpaired) electrons. The molecular formula is C26H22N4O3S. The van der Waals surface area contributed by atoms with E-state index in [-0.39, 0.29) is 23.3 Å². The van der Waals surface area contributed by atoms with E-state index in [9.17, 15) is 9.59 Å². The number of rotatable bonds is 7. The number of thioether (sulfide) groups is 1. The van der Waals surface area contributed by atoms with Gasteiger partial charge in [0.25, 0.3) is 5.56 Å². The summed E-state index contributed by atoms with van der Waals surface area (Å²) >= 11 is 1.24. The normalized spacial score (nSPS) is 12.1. The zero-order valence-electron chi connectivity index (χ0n) is 18.5. The van der Waals surface area contributed by atoms with Gasteiger partial charge in [0.1, 0.15) is 11.3 Å². The predicted octanol–water partition coefficient (Wildman–Crippen LogP) is 4.56. The third kappa shape index (κ3) is 4.58. The van der Waals surface area contributed by atoms with Gasteiger partial charge >= 0.3 is 0 Å². The Labute approximate surface area is 199 Å². The number of hydrogen-bond acceptors (Lipinski definition) is 6. The molecule has 0 spiro atoms. The van der Waals surface area contributed by atoms with E-state index in [1.807, 2.05) is 61.5 Å². The second kappa shape index (κ2) is 9.52. The van der Waals surface area contributed by atoms with Crippen LogP contribution in [0, 0.1) is 0 Å². The van der Waals surface area contributed by atoms with Crippen LogP contribution in [0.1, 0.15) is 24.3 Å². The molecule has 0 aliphatic carbocycles. The molecule has 5 aromatic rings. The molecule has 0 saturated heterocycles. The Kier molecular flexibility index (Phi) is 6.14. The first-order valence-electron chi connectivity index (χ1n) is 10.9. The van der Waals surface area contributed by atoms with Crippen molar-refractivity contribution in [1.29, 1.82) is 0 Å². The standard InChI is InChI=1S/C26H22N4O3S/c1-17(23-14-19-6-2-5-9-22(19)33-23)28-24(31)16-34-26-29-21-8-4-3-7-20(21)25(32)30(26)15-18-10-12-27-13-11-18/h2-14,17H,15-16H2,1H3,(H,28,31). The molecular weight excluding hydrogens is 448 g/mol. The van der Waals surface area contributed by atoms with Crippen molar-refractivity contribution in [3.8, 4) is 0 Å². The lowest BCUT2D eigenvalue weighted by atomic mass is 10.2. The fourth-order valence-electron chi connectivity index (χ4n) is 3.77. The third-order valence-corrected chi connectivity index (χ3v) is 6.47. The maximum atomic E-state index is 13.2. The number of furan rings is 1. The highest BCUT2D eigenvalue weighted by Crippen LogP contribution is 2.24. The monoisotopic (exact) mass is 470 g/mol. The van der Waals surface area contributed by atoms with Crippen molar-refractivity contribution in [1.82, 2.24) is 19.9 Å². The first kappa shape index (κ1) is 21.9. The fourth-order valence-corrected chi connectivity index (χ4v) is 4.58. The highest BCUT2D eigenvalue weighted by molar-refractivity contribution is 7.99. The summed E-state index contributed by atoms with van der Waals surface area (Å²) in [6.45, 7) is 2.23. The van der Waals surface area contributed by atoms with Crippen LogP contribution < -0.4 is 10.9 Å². The number of pyridine rings is 1. The lowest BCUT2D eigenvalue weighted by Gasteiger charge is -2.14. The number of carbonyl (C=O) groups excluding carboxylic acids is 1. The summed E-state index contributed by atoms with van der Waals surface area (Å²) in [4.78, 5) is 34.7. The second-order valence-corrected chi connectivity index (χ2v) is 8.87. The zero-order chi connectivity index (χ0) is 23.5. The van der Waals surface area contributed by atoms with E-state index in [1.54, 1.807) is 29.1 Å². The van der Waals surface area contributed by atoms with Gasteiger partial charge in [0.2, 0.25) is 5.91 Å². The smallest absolute Gasteiger partial charge is 0.262 e. The van der Waals surface area contributed by atoms with Crippen LogP contribution in [0.4, 0.5) is 0 Å². The van der Waals surface area contributed by atoms with Gasteiger partial charge in [-0.25, -0.2) is 4.98 Å². The number of nitrogens with zero attached hydrogens (tertiary/aromatic N) is 3. The Bertz CT molecular complexity index is 1490. The van der Waals surface area contributed by atoms with Gasteiger partial charge in [-0.1, -0.05) is 42.1 Å². The molecule has 170 valence electrons. The average molecular weight is 471 g/mol. The van der Waals surface area contributed by atoms with Gasteiger partial charge < -0.3 is 9.73 Å². The second-order valence-electron chi connectivity index (χ2n) is 7.92. The van der Waals surface area contributed by atoms with Gasteiger partial charge in [-0.15, -0.1) is 0 Å². The highest BCUT2D eigenvalue weighted by Gasteiger charge is 2.17. The van der Waals surface area contributed by atoms with Gasteiger partial charge in [-0.05, 0) is 48.9 Å². The van der Waals surface area contributed by atoms with E-state index < -0.39 is 0 Å². The highest BCUT2D eigenvalue weighted by atomic mass is 32.2. The van der Waals surface area contributed by atoms with Crippen LogP contribution in [0.5, 0.6) is 0 Å². The Morgan fingerprint density at radius 2 is 1.85 bits per heavy atom. The Balaban J connectivity index is 1.35. The van der Waals surface area contributed by atoms with Crippen molar-refractivity contribution in [2.45, 2.75) is 24.7 Å². The summed E-state index contributed by atoms with van der Waals surface area (Å²) in [5, 5.41) is 5.00. The van der Waals surface area contributed by atoms with Gasteiger partial charge in [-0.2, -0.15) is 0 Å². The quantitative estimate of drug-likeness (QED) is 0.277. The maximum absolute atomic E-state index is 13.2. The van der Waals surface area contributed by atoms with Crippen LogP contribution >= 0.6 is 11.8 Å². The zero-order valence-corrected chi connectivity index (χ0v) is 19.3. The topological polar surface area (TPSA) is 90.0 Å². The number of carbonyl (C=O) groups is 1.